The van der Waals surface area contributed by atoms with E-state index in [0.29, 0.717) is 10.5 Å². The number of rotatable bonds is 11. The van der Waals surface area contributed by atoms with Crippen LogP contribution in [-0.2, 0) is 9.47 Å². The van der Waals surface area contributed by atoms with Crippen molar-refractivity contribution in [3.05, 3.63) is 82.3 Å². The van der Waals surface area contributed by atoms with E-state index in [2.05, 4.69) is 40.1 Å². The molecule has 0 radical (unpaired) electrons. The van der Waals surface area contributed by atoms with E-state index in [1.54, 1.807) is 6.07 Å². The average Bonchev–Trinajstić information content (AvgIpc) is 3.94. The molecule has 5 rings (SSSR count). The molecule has 12 nitrogen and oxygen atoms in total. The number of methoxy groups -OCH3 is 4. The van der Waals surface area contributed by atoms with E-state index in [1.807, 2.05) is 0 Å². The summed E-state index contributed by atoms with van der Waals surface area (Å²) in [5.74, 6) is -1.51. The second-order valence-corrected chi connectivity index (χ2v) is 11.1. The van der Waals surface area contributed by atoms with Crippen molar-refractivity contribution in [2.75, 3.05) is 28.4 Å². The summed E-state index contributed by atoms with van der Waals surface area (Å²) in [5, 5.41) is 0. The molecule has 1 aliphatic rings. The summed E-state index contributed by atoms with van der Waals surface area (Å²) in [6, 6.07) is 9.72. The minimum atomic E-state index is -4.83. The molecule has 0 unspecified atom stereocenters. The van der Waals surface area contributed by atoms with Gasteiger partial charge in [0.15, 0.2) is 23.0 Å². The zero-order valence-electron chi connectivity index (χ0n) is 27.4. The largest absolute Gasteiger partial charge is 0.573 e. The van der Waals surface area contributed by atoms with Gasteiger partial charge in [0.25, 0.3) is 0 Å². The number of ether oxygens (including phenoxy) is 8. The van der Waals surface area contributed by atoms with Crippen molar-refractivity contribution >= 4 is 27.9 Å². The predicted octanol–water partition coefficient (Wildman–Crippen LogP) is 8.78. The normalized spacial score (nSPS) is 12.4. The Morgan fingerprint density at radius 1 is 0.635 bits per heavy atom. The van der Waals surface area contributed by atoms with Gasteiger partial charge in [-0.2, -0.15) is 0 Å². The summed E-state index contributed by atoms with van der Waals surface area (Å²) in [5.41, 5.74) is 0.900. The van der Waals surface area contributed by atoms with Crippen LogP contribution in [0.5, 0.6) is 46.0 Å². The second-order valence-electron chi connectivity index (χ2n) is 10.3. The first-order valence-corrected chi connectivity index (χ1v) is 15.4. The molecule has 2 heterocycles. The molecule has 1 aliphatic carbocycles. The van der Waals surface area contributed by atoms with Crippen molar-refractivity contribution in [1.29, 1.82) is 0 Å². The Bertz CT molecular complexity index is 1900. The van der Waals surface area contributed by atoms with Gasteiger partial charge in [0.05, 0.1) is 28.4 Å². The Kier molecular flexibility index (Phi) is 12.6. The molecule has 52 heavy (non-hydrogen) atoms. The Morgan fingerprint density at radius 2 is 1.08 bits per heavy atom. The van der Waals surface area contributed by atoms with Crippen LogP contribution in [0.15, 0.2) is 65.5 Å². The SMILES string of the molecule is COC(=O)c1cnc(Br)cc1Oc1ccc(OC(F)(F)F)cc1OC.COC(=O)c1cnc(C2CC2)cc1Oc1ccc(OC(F)(F)F)cc1OC. The first-order chi connectivity index (χ1) is 24.5. The molecule has 19 heteroatoms. The van der Waals surface area contributed by atoms with Crippen LogP contribution in [0.3, 0.4) is 0 Å². The Morgan fingerprint density at radius 3 is 1.48 bits per heavy atom. The maximum atomic E-state index is 12.4. The molecular weight excluding hydrogens is 778 g/mol. The molecule has 2 aromatic heterocycles. The summed E-state index contributed by atoms with van der Waals surface area (Å²) >= 11 is 3.14. The molecule has 0 saturated heterocycles. The molecule has 0 spiro atoms. The maximum absolute atomic E-state index is 12.4. The standard InChI is InChI=1S/C18H16F3NO5.C15H11BrF3NO5/c1-24-16-7-11(27-18(19,20)21)5-6-14(16)26-15-8-13(10-3-4-10)22-9-12(15)17(23)25-2;1-22-12-5-8(25-15(17,18)19)3-4-10(12)24-11-6-13(16)20-7-9(11)14(21)23-2/h5-10H,3-4H2,1-2H3;3-7H,1-2H3. The third kappa shape index (κ3) is 11.0. The number of aromatic nitrogens is 2. The Labute approximate surface area is 299 Å². The smallest absolute Gasteiger partial charge is 0.493 e. The highest BCUT2D eigenvalue weighted by Gasteiger charge is 2.33. The van der Waals surface area contributed by atoms with Crippen LogP contribution >= 0.6 is 15.9 Å². The van der Waals surface area contributed by atoms with Crippen molar-refractivity contribution in [2.24, 2.45) is 0 Å². The van der Waals surface area contributed by atoms with Crippen LogP contribution in [0.25, 0.3) is 0 Å². The number of carbonyl (C=O) groups is 2. The lowest BCUT2D eigenvalue weighted by atomic mass is 10.2. The number of pyridine rings is 2. The fourth-order valence-electron chi connectivity index (χ4n) is 4.26. The quantitative estimate of drug-likeness (QED) is 0.0815. The van der Waals surface area contributed by atoms with Crippen LogP contribution in [0, 0.1) is 0 Å². The lowest BCUT2D eigenvalue weighted by molar-refractivity contribution is -0.275. The molecule has 278 valence electrons. The maximum Gasteiger partial charge on any atom is 0.573 e. The van der Waals surface area contributed by atoms with Gasteiger partial charge in [0.2, 0.25) is 0 Å². The minimum absolute atomic E-state index is 0.0114. The molecule has 0 aliphatic heterocycles. The van der Waals surface area contributed by atoms with Gasteiger partial charge in [0.1, 0.15) is 38.7 Å². The molecule has 0 bridgehead atoms. The highest BCUT2D eigenvalue weighted by molar-refractivity contribution is 9.10. The lowest BCUT2D eigenvalue weighted by Crippen LogP contribution is -2.17. The van der Waals surface area contributed by atoms with Crippen LogP contribution in [0.4, 0.5) is 26.3 Å². The fourth-order valence-corrected chi connectivity index (χ4v) is 4.57. The zero-order valence-corrected chi connectivity index (χ0v) is 29.0. The summed E-state index contributed by atoms with van der Waals surface area (Å²) in [6.07, 6.45) is -5.06. The Hall–Kier alpha value is -5.46. The third-order valence-electron chi connectivity index (χ3n) is 6.70. The molecule has 2 aromatic carbocycles. The van der Waals surface area contributed by atoms with Crippen LogP contribution < -0.4 is 28.4 Å². The van der Waals surface area contributed by atoms with E-state index in [-0.39, 0.29) is 45.6 Å². The van der Waals surface area contributed by atoms with E-state index in [1.165, 1.54) is 59.0 Å². The van der Waals surface area contributed by atoms with Crippen LogP contribution in [0.2, 0.25) is 0 Å². The number of hydrogen-bond donors (Lipinski definition) is 0. The molecular formula is C33H27BrF6N2O10. The summed E-state index contributed by atoms with van der Waals surface area (Å²) in [6.45, 7) is 0. The minimum Gasteiger partial charge on any atom is -0.493 e. The highest BCUT2D eigenvalue weighted by atomic mass is 79.9. The Balaban J connectivity index is 0.000000234. The topological polar surface area (TPSA) is 134 Å². The van der Waals surface area contributed by atoms with Crippen molar-refractivity contribution in [3.63, 3.8) is 0 Å². The lowest BCUT2D eigenvalue weighted by Gasteiger charge is -2.15. The average molecular weight is 805 g/mol. The number of hydrogen-bond acceptors (Lipinski definition) is 12. The van der Waals surface area contributed by atoms with Crippen molar-refractivity contribution in [3.8, 4) is 46.0 Å². The number of carbonyl (C=O) groups excluding carboxylic acids is 2. The van der Waals surface area contributed by atoms with Crippen molar-refractivity contribution in [1.82, 2.24) is 9.97 Å². The van der Waals surface area contributed by atoms with E-state index < -0.39 is 36.2 Å². The van der Waals surface area contributed by atoms with Gasteiger partial charge in [-0.25, -0.2) is 14.6 Å². The number of halogens is 7. The third-order valence-corrected chi connectivity index (χ3v) is 7.14. The van der Waals surface area contributed by atoms with Gasteiger partial charge in [-0.1, -0.05) is 0 Å². The van der Waals surface area contributed by atoms with E-state index in [4.69, 9.17) is 23.7 Å². The highest BCUT2D eigenvalue weighted by Crippen LogP contribution is 2.43. The van der Waals surface area contributed by atoms with Gasteiger partial charge in [0, 0.05) is 48.3 Å². The first kappa shape index (κ1) is 39.3. The summed E-state index contributed by atoms with van der Waals surface area (Å²) in [7, 11) is 4.95. The van der Waals surface area contributed by atoms with Crippen LogP contribution in [0.1, 0.15) is 45.2 Å². The van der Waals surface area contributed by atoms with Gasteiger partial charge in [-0.05, 0) is 53.0 Å². The monoisotopic (exact) mass is 804 g/mol. The van der Waals surface area contributed by atoms with E-state index >= 15 is 0 Å². The number of benzene rings is 2. The number of nitrogens with zero attached hydrogens (tertiary/aromatic N) is 2. The number of alkyl halides is 6. The fraction of sp³-hybridized carbons (Fsp3) is 0.273. The van der Waals surface area contributed by atoms with E-state index in [0.717, 1.165) is 42.8 Å². The van der Waals surface area contributed by atoms with Crippen molar-refractivity contribution < 1.29 is 73.8 Å². The zero-order chi connectivity index (χ0) is 38.2. The van der Waals surface area contributed by atoms with Gasteiger partial charge >= 0.3 is 24.7 Å². The second kappa shape index (κ2) is 16.7. The summed E-state index contributed by atoms with van der Waals surface area (Å²) < 4.78 is 113. The molecule has 0 N–H and O–H groups in total. The van der Waals surface area contributed by atoms with Crippen molar-refractivity contribution in [2.45, 2.75) is 31.5 Å². The van der Waals surface area contributed by atoms with Gasteiger partial charge < -0.3 is 37.9 Å². The van der Waals surface area contributed by atoms with Gasteiger partial charge in [-0.15, -0.1) is 26.3 Å². The molecule has 4 aromatic rings. The molecule has 1 fully saturated rings. The number of esters is 2. The van der Waals surface area contributed by atoms with E-state index in [9.17, 15) is 35.9 Å². The first-order valence-electron chi connectivity index (χ1n) is 14.6. The molecule has 1 saturated carbocycles. The molecule has 0 atom stereocenters. The van der Waals surface area contributed by atoms with Gasteiger partial charge in [-0.3, -0.25) is 4.98 Å². The summed E-state index contributed by atoms with van der Waals surface area (Å²) in [4.78, 5) is 31.9. The van der Waals surface area contributed by atoms with Crippen LogP contribution in [-0.4, -0.2) is 63.1 Å². The molecule has 0 amide bonds. The predicted molar refractivity (Wildman–Crippen MR) is 170 cm³/mol.